The van der Waals surface area contributed by atoms with E-state index in [0.717, 1.165) is 22.3 Å². The zero-order valence-electron chi connectivity index (χ0n) is 16.6. The van der Waals surface area contributed by atoms with Crippen molar-refractivity contribution in [3.63, 3.8) is 0 Å². The molecule has 0 saturated carbocycles. The standard InChI is InChI=1S/C22H19ClN4O3/c1-12-10-13(2)27(26-12)19-9-8-17(23)20(25-19)22(29)30-14(3)21(28)16-11-24-18-7-5-4-6-15(16)18/h4-11,14,24H,1-3H3. The Labute approximate surface area is 177 Å². The summed E-state index contributed by atoms with van der Waals surface area (Å²) in [5.41, 5.74) is 2.92. The van der Waals surface area contributed by atoms with Crippen molar-refractivity contribution in [1.29, 1.82) is 0 Å². The molecular weight excluding hydrogens is 404 g/mol. The third-order valence-corrected chi connectivity index (χ3v) is 5.06. The van der Waals surface area contributed by atoms with Crippen LogP contribution >= 0.6 is 11.6 Å². The van der Waals surface area contributed by atoms with Gasteiger partial charge in [-0.15, -0.1) is 0 Å². The molecule has 0 radical (unpaired) electrons. The topological polar surface area (TPSA) is 89.9 Å². The number of ether oxygens (including phenoxy) is 1. The minimum Gasteiger partial charge on any atom is -0.449 e. The summed E-state index contributed by atoms with van der Waals surface area (Å²) >= 11 is 6.18. The van der Waals surface area contributed by atoms with Crippen LogP contribution in [-0.2, 0) is 4.74 Å². The fourth-order valence-electron chi connectivity index (χ4n) is 3.32. The summed E-state index contributed by atoms with van der Waals surface area (Å²) in [4.78, 5) is 32.9. The van der Waals surface area contributed by atoms with Gasteiger partial charge in [-0.25, -0.2) is 14.5 Å². The normalized spacial score (nSPS) is 12.1. The Hall–Kier alpha value is -3.45. The fraction of sp³-hybridized carbons (Fsp3) is 0.182. The highest BCUT2D eigenvalue weighted by molar-refractivity contribution is 6.33. The highest BCUT2D eigenvalue weighted by Crippen LogP contribution is 2.22. The lowest BCUT2D eigenvalue weighted by atomic mass is 10.1. The number of aryl methyl sites for hydroxylation is 2. The van der Waals surface area contributed by atoms with E-state index < -0.39 is 12.1 Å². The monoisotopic (exact) mass is 422 g/mol. The van der Waals surface area contributed by atoms with Crippen molar-refractivity contribution in [3.05, 3.63) is 76.3 Å². The molecule has 30 heavy (non-hydrogen) atoms. The molecule has 3 aromatic heterocycles. The number of fused-ring (bicyclic) bond motifs is 1. The summed E-state index contributed by atoms with van der Waals surface area (Å²) in [6.45, 7) is 5.28. The molecule has 0 aliphatic carbocycles. The number of esters is 1. The Bertz CT molecular complexity index is 1270. The first kappa shape index (κ1) is 19.8. The number of benzene rings is 1. The summed E-state index contributed by atoms with van der Waals surface area (Å²) in [5.74, 6) is -0.650. The van der Waals surface area contributed by atoms with Crippen molar-refractivity contribution in [2.45, 2.75) is 26.9 Å². The molecule has 1 atom stereocenters. The molecule has 0 spiro atoms. The second kappa shape index (κ2) is 7.76. The first-order valence-corrected chi connectivity index (χ1v) is 9.74. The number of nitrogens with one attached hydrogen (secondary N) is 1. The van der Waals surface area contributed by atoms with Crippen LogP contribution in [0.4, 0.5) is 0 Å². The predicted octanol–water partition coefficient (Wildman–Crippen LogP) is 4.45. The smallest absolute Gasteiger partial charge is 0.359 e. The van der Waals surface area contributed by atoms with Crippen molar-refractivity contribution in [3.8, 4) is 5.82 Å². The van der Waals surface area contributed by atoms with E-state index in [1.165, 1.54) is 6.92 Å². The second-order valence-electron chi connectivity index (χ2n) is 7.00. The SMILES string of the molecule is Cc1cc(C)n(-c2ccc(Cl)c(C(=O)OC(C)C(=O)c3c[nH]c4ccccc34)n2)n1. The predicted molar refractivity (Wildman–Crippen MR) is 113 cm³/mol. The van der Waals surface area contributed by atoms with Crippen molar-refractivity contribution in [1.82, 2.24) is 19.7 Å². The quantitative estimate of drug-likeness (QED) is 0.379. The van der Waals surface area contributed by atoms with Crippen LogP contribution in [0, 0.1) is 13.8 Å². The average Bonchev–Trinajstić information content (AvgIpc) is 3.30. The Morgan fingerprint density at radius 2 is 1.93 bits per heavy atom. The van der Waals surface area contributed by atoms with Gasteiger partial charge in [0.05, 0.1) is 10.7 Å². The van der Waals surface area contributed by atoms with Crippen LogP contribution in [0.2, 0.25) is 5.02 Å². The molecule has 4 aromatic rings. The van der Waals surface area contributed by atoms with Crippen LogP contribution < -0.4 is 0 Å². The van der Waals surface area contributed by atoms with Gasteiger partial charge in [0.1, 0.15) is 0 Å². The number of pyridine rings is 1. The molecule has 0 amide bonds. The number of Topliss-reactive ketones (excluding diaryl/α,β-unsaturated/α-hetero) is 1. The van der Waals surface area contributed by atoms with E-state index in [1.807, 2.05) is 44.2 Å². The number of aromatic amines is 1. The van der Waals surface area contributed by atoms with Gasteiger partial charge in [0, 0.05) is 28.4 Å². The molecule has 0 aliphatic heterocycles. The van der Waals surface area contributed by atoms with Gasteiger partial charge in [0.2, 0.25) is 5.78 Å². The molecule has 7 nitrogen and oxygen atoms in total. The van der Waals surface area contributed by atoms with Gasteiger partial charge in [0.25, 0.3) is 0 Å². The Morgan fingerprint density at radius 1 is 1.17 bits per heavy atom. The third-order valence-electron chi connectivity index (χ3n) is 4.76. The summed E-state index contributed by atoms with van der Waals surface area (Å²) in [7, 11) is 0. The number of nitrogens with zero attached hydrogens (tertiary/aromatic N) is 3. The van der Waals surface area contributed by atoms with E-state index in [1.54, 1.807) is 23.0 Å². The lowest BCUT2D eigenvalue weighted by molar-refractivity contribution is 0.0314. The van der Waals surface area contributed by atoms with Crippen molar-refractivity contribution >= 4 is 34.3 Å². The number of hydrogen-bond acceptors (Lipinski definition) is 5. The van der Waals surface area contributed by atoms with E-state index in [2.05, 4.69) is 15.1 Å². The molecule has 4 rings (SSSR count). The minimum atomic E-state index is -1.01. The molecule has 0 fully saturated rings. The zero-order chi connectivity index (χ0) is 21.4. The Kier molecular flexibility index (Phi) is 5.13. The number of carbonyl (C=O) groups excluding carboxylic acids is 2. The highest BCUT2D eigenvalue weighted by atomic mass is 35.5. The van der Waals surface area contributed by atoms with Gasteiger partial charge >= 0.3 is 5.97 Å². The molecular formula is C22H19ClN4O3. The maximum Gasteiger partial charge on any atom is 0.359 e. The molecule has 1 aromatic carbocycles. The number of hydrogen-bond donors (Lipinski definition) is 1. The van der Waals surface area contributed by atoms with Crippen LogP contribution in [-0.4, -0.2) is 37.6 Å². The maximum absolute atomic E-state index is 12.8. The van der Waals surface area contributed by atoms with Gasteiger partial charge in [-0.05, 0) is 45.0 Å². The molecule has 0 aliphatic rings. The molecule has 1 N–H and O–H groups in total. The number of halogens is 1. The lowest BCUT2D eigenvalue weighted by Crippen LogP contribution is -2.25. The van der Waals surface area contributed by atoms with Crippen LogP contribution in [0.15, 0.2) is 48.7 Å². The molecule has 8 heteroatoms. The number of H-pyrrole nitrogens is 1. The molecule has 0 bridgehead atoms. The highest BCUT2D eigenvalue weighted by Gasteiger charge is 2.25. The minimum absolute atomic E-state index is 0.0692. The zero-order valence-corrected chi connectivity index (χ0v) is 17.4. The van der Waals surface area contributed by atoms with E-state index >= 15 is 0 Å². The van der Waals surface area contributed by atoms with Gasteiger partial charge in [-0.2, -0.15) is 5.10 Å². The van der Waals surface area contributed by atoms with E-state index in [9.17, 15) is 9.59 Å². The third kappa shape index (κ3) is 3.59. The van der Waals surface area contributed by atoms with Gasteiger partial charge in [-0.3, -0.25) is 4.79 Å². The Morgan fingerprint density at radius 3 is 2.67 bits per heavy atom. The maximum atomic E-state index is 12.8. The molecule has 152 valence electrons. The first-order chi connectivity index (χ1) is 14.3. The molecule has 1 unspecified atom stereocenters. The van der Waals surface area contributed by atoms with Crippen molar-refractivity contribution in [2.24, 2.45) is 0 Å². The van der Waals surface area contributed by atoms with E-state index in [4.69, 9.17) is 16.3 Å². The van der Waals surface area contributed by atoms with Crippen LogP contribution in [0.25, 0.3) is 16.7 Å². The fourth-order valence-corrected chi connectivity index (χ4v) is 3.50. The van der Waals surface area contributed by atoms with Crippen LogP contribution in [0.5, 0.6) is 0 Å². The van der Waals surface area contributed by atoms with Gasteiger partial charge < -0.3 is 9.72 Å². The van der Waals surface area contributed by atoms with Crippen LogP contribution in [0.3, 0.4) is 0 Å². The number of aromatic nitrogens is 4. The number of carbonyl (C=O) groups is 2. The summed E-state index contributed by atoms with van der Waals surface area (Å²) in [6.07, 6.45) is 0.610. The summed E-state index contributed by atoms with van der Waals surface area (Å²) < 4.78 is 7.01. The number of rotatable bonds is 5. The van der Waals surface area contributed by atoms with Crippen LogP contribution in [0.1, 0.15) is 39.2 Å². The first-order valence-electron chi connectivity index (χ1n) is 9.36. The molecule has 0 saturated heterocycles. The summed E-state index contributed by atoms with van der Waals surface area (Å²) in [5, 5.41) is 5.27. The number of ketones is 1. The number of para-hydroxylation sites is 1. The van der Waals surface area contributed by atoms with Gasteiger partial charge in [0.15, 0.2) is 17.6 Å². The second-order valence-corrected chi connectivity index (χ2v) is 7.41. The molecule has 3 heterocycles. The van der Waals surface area contributed by atoms with Crippen molar-refractivity contribution < 1.29 is 14.3 Å². The van der Waals surface area contributed by atoms with Gasteiger partial charge in [-0.1, -0.05) is 29.8 Å². The van der Waals surface area contributed by atoms with E-state index in [-0.39, 0.29) is 16.5 Å². The van der Waals surface area contributed by atoms with E-state index in [0.29, 0.717) is 11.4 Å². The lowest BCUT2D eigenvalue weighted by Gasteiger charge is -2.13. The average molecular weight is 423 g/mol. The van der Waals surface area contributed by atoms with Crippen molar-refractivity contribution in [2.75, 3.05) is 0 Å². The summed E-state index contributed by atoms with van der Waals surface area (Å²) in [6, 6.07) is 12.6. The largest absolute Gasteiger partial charge is 0.449 e. The Balaban J connectivity index is 1.58.